The van der Waals surface area contributed by atoms with Crippen molar-refractivity contribution < 1.29 is 9.15 Å². The maximum absolute atomic E-state index is 6.50. The molecule has 3 nitrogen and oxygen atoms in total. The topological polar surface area (TPSA) is 34.4 Å². The van der Waals surface area contributed by atoms with Gasteiger partial charge in [0.2, 0.25) is 0 Å². The van der Waals surface area contributed by atoms with Crippen LogP contribution in [0.5, 0.6) is 0 Å². The van der Waals surface area contributed by atoms with E-state index in [4.69, 9.17) is 9.15 Å². The average molecular weight is 434 g/mol. The minimum Gasteiger partial charge on any atom is -0.456 e. The Morgan fingerprint density at radius 3 is 2.39 bits per heavy atom. The maximum atomic E-state index is 6.50. The van der Waals surface area contributed by atoms with Crippen LogP contribution in [0, 0.1) is 0 Å². The van der Waals surface area contributed by atoms with Crippen LogP contribution in [0.1, 0.15) is 23.5 Å². The third-order valence-corrected chi connectivity index (χ3v) is 6.79. The molecule has 4 aromatic carbocycles. The Morgan fingerprint density at radius 2 is 1.52 bits per heavy atom. The Morgan fingerprint density at radius 1 is 0.758 bits per heavy atom. The van der Waals surface area contributed by atoms with E-state index >= 15 is 0 Å². The van der Waals surface area contributed by atoms with Gasteiger partial charge in [-0.15, -0.1) is 0 Å². The van der Waals surface area contributed by atoms with Crippen LogP contribution in [-0.2, 0) is 11.3 Å². The van der Waals surface area contributed by atoms with Crippen molar-refractivity contribution in [1.29, 1.82) is 0 Å². The van der Waals surface area contributed by atoms with Crippen LogP contribution < -0.4 is 5.32 Å². The molecule has 0 spiro atoms. The maximum Gasteiger partial charge on any atom is 0.138 e. The predicted octanol–water partition coefficient (Wildman–Crippen LogP) is 6.92. The van der Waals surface area contributed by atoms with Gasteiger partial charge in [0.05, 0.1) is 12.7 Å². The SMILES string of the molecule is c1ccc(-c2ccc(CO[C@H]3CNCC[C@@H]3c3cccc4c3oc3ccccc34)cc2)cc1. The van der Waals surface area contributed by atoms with Gasteiger partial charge in [0.25, 0.3) is 0 Å². The van der Waals surface area contributed by atoms with Crippen LogP contribution in [-0.4, -0.2) is 19.2 Å². The molecule has 0 aliphatic carbocycles. The van der Waals surface area contributed by atoms with Crippen molar-refractivity contribution in [3.63, 3.8) is 0 Å². The summed E-state index contributed by atoms with van der Waals surface area (Å²) in [6.07, 6.45) is 1.14. The van der Waals surface area contributed by atoms with Crippen LogP contribution in [0.4, 0.5) is 0 Å². The zero-order valence-corrected chi connectivity index (χ0v) is 18.5. The minimum absolute atomic E-state index is 0.103. The second kappa shape index (κ2) is 8.86. The monoisotopic (exact) mass is 433 g/mol. The van der Waals surface area contributed by atoms with Crippen molar-refractivity contribution in [1.82, 2.24) is 5.32 Å². The number of benzene rings is 4. The molecule has 3 heteroatoms. The first kappa shape index (κ1) is 20.2. The average Bonchev–Trinajstić information content (AvgIpc) is 3.27. The summed E-state index contributed by atoms with van der Waals surface area (Å²) in [5, 5.41) is 5.89. The molecule has 0 amide bonds. The molecule has 1 saturated heterocycles. The number of ether oxygens (including phenoxy) is 1. The highest BCUT2D eigenvalue weighted by atomic mass is 16.5. The first-order valence-electron chi connectivity index (χ1n) is 11.7. The summed E-state index contributed by atoms with van der Waals surface area (Å²) in [7, 11) is 0. The molecule has 33 heavy (non-hydrogen) atoms. The summed E-state index contributed by atoms with van der Waals surface area (Å²) in [4.78, 5) is 0. The second-order valence-electron chi connectivity index (χ2n) is 8.83. The van der Waals surface area contributed by atoms with E-state index in [-0.39, 0.29) is 6.10 Å². The van der Waals surface area contributed by atoms with E-state index in [0.717, 1.165) is 30.7 Å². The summed E-state index contributed by atoms with van der Waals surface area (Å²) in [5.74, 6) is 0.305. The van der Waals surface area contributed by atoms with E-state index in [2.05, 4.69) is 90.2 Å². The van der Waals surface area contributed by atoms with Gasteiger partial charge in [0.1, 0.15) is 11.2 Å². The molecule has 1 aliphatic heterocycles. The highest BCUT2D eigenvalue weighted by molar-refractivity contribution is 6.05. The normalized spacial score (nSPS) is 18.7. The number of piperidine rings is 1. The fourth-order valence-corrected chi connectivity index (χ4v) is 5.05. The molecule has 1 N–H and O–H groups in total. The van der Waals surface area contributed by atoms with Crippen molar-refractivity contribution in [3.8, 4) is 11.1 Å². The highest BCUT2D eigenvalue weighted by Gasteiger charge is 2.29. The summed E-state index contributed by atoms with van der Waals surface area (Å²) >= 11 is 0. The number of hydrogen-bond donors (Lipinski definition) is 1. The van der Waals surface area contributed by atoms with E-state index in [1.54, 1.807) is 0 Å². The van der Waals surface area contributed by atoms with Crippen molar-refractivity contribution in [2.24, 2.45) is 0 Å². The lowest BCUT2D eigenvalue weighted by molar-refractivity contribution is 0.0107. The Labute approximate surface area is 194 Å². The molecule has 6 rings (SSSR count). The van der Waals surface area contributed by atoms with E-state index in [9.17, 15) is 0 Å². The van der Waals surface area contributed by atoms with Gasteiger partial charge in [-0.05, 0) is 35.7 Å². The first-order valence-corrected chi connectivity index (χ1v) is 11.7. The lowest BCUT2D eigenvalue weighted by atomic mass is 9.86. The quantitative estimate of drug-likeness (QED) is 0.327. The molecule has 0 radical (unpaired) electrons. The van der Waals surface area contributed by atoms with Crippen LogP contribution in [0.25, 0.3) is 33.1 Å². The van der Waals surface area contributed by atoms with Crippen molar-refractivity contribution in [2.45, 2.75) is 25.0 Å². The second-order valence-corrected chi connectivity index (χ2v) is 8.83. The molecule has 2 atom stereocenters. The van der Waals surface area contributed by atoms with Crippen LogP contribution in [0.3, 0.4) is 0 Å². The Kier molecular flexibility index (Phi) is 5.43. The molecule has 0 saturated carbocycles. The van der Waals surface area contributed by atoms with Gasteiger partial charge >= 0.3 is 0 Å². The van der Waals surface area contributed by atoms with Crippen molar-refractivity contribution >= 4 is 21.9 Å². The molecule has 1 aromatic heterocycles. The standard InChI is InChI=1S/C30H27NO2/c1-2-7-22(8-3-1)23-15-13-21(14-16-23)20-32-29-19-31-18-17-25(29)27-11-6-10-26-24-9-4-5-12-28(24)33-30(26)27/h1-16,25,29,31H,17-20H2/t25-,29+/m1/s1. The van der Waals surface area contributed by atoms with Gasteiger partial charge < -0.3 is 14.5 Å². The number of nitrogens with one attached hydrogen (secondary N) is 1. The molecule has 5 aromatic rings. The van der Waals surface area contributed by atoms with Gasteiger partial charge in [-0.3, -0.25) is 0 Å². The Hall–Kier alpha value is -3.40. The number of hydrogen-bond acceptors (Lipinski definition) is 3. The van der Waals surface area contributed by atoms with Crippen LogP contribution in [0.2, 0.25) is 0 Å². The first-order chi connectivity index (χ1) is 16.4. The minimum atomic E-state index is 0.103. The molecule has 164 valence electrons. The molecule has 1 aliphatic rings. The Balaban J connectivity index is 1.24. The van der Waals surface area contributed by atoms with Gasteiger partial charge in [-0.2, -0.15) is 0 Å². The fraction of sp³-hybridized carbons (Fsp3) is 0.200. The Bertz CT molecular complexity index is 1370. The van der Waals surface area contributed by atoms with E-state index in [1.807, 2.05) is 12.1 Å². The highest BCUT2D eigenvalue weighted by Crippen LogP contribution is 2.37. The smallest absolute Gasteiger partial charge is 0.138 e. The van der Waals surface area contributed by atoms with Gasteiger partial charge in [-0.25, -0.2) is 0 Å². The van der Waals surface area contributed by atoms with Gasteiger partial charge in [0.15, 0.2) is 0 Å². The number of furan rings is 1. The third-order valence-electron chi connectivity index (χ3n) is 6.79. The lowest BCUT2D eigenvalue weighted by Crippen LogP contribution is -2.41. The molecule has 2 heterocycles. The fourth-order valence-electron chi connectivity index (χ4n) is 5.05. The number of fused-ring (bicyclic) bond motifs is 3. The van der Waals surface area contributed by atoms with E-state index in [1.165, 1.54) is 33.0 Å². The molecular formula is C30H27NO2. The third kappa shape index (κ3) is 3.95. The van der Waals surface area contributed by atoms with Gasteiger partial charge in [0, 0.05) is 28.8 Å². The molecule has 0 bridgehead atoms. The largest absolute Gasteiger partial charge is 0.456 e. The summed E-state index contributed by atoms with van der Waals surface area (Å²) < 4.78 is 12.8. The molecule has 1 fully saturated rings. The lowest BCUT2D eigenvalue weighted by Gasteiger charge is -2.32. The molecule has 0 unspecified atom stereocenters. The van der Waals surface area contributed by atoms with Gasteiger partial charge in [-0.1, -0.05) is 91.0 Å². The summed E-state index contributed by atoms with van der Waals surface area (Å²) in [6.45, 7) is 2.45. The van der Waals surface area contributed by atoms with Crippen LogP contribution in [0.15, 0.2) is 101 Å². The zero-order valence-electron chi connectivity index (χ0n) is 18.5. The van der Waals surface area contributed by atoms with Crippen molar-refractivity contribution in [2.75, 3.05) is 13.1 Å². The summed E-state index contributed by atoms with van der Waals surface area (Å²) in [6, 6.07) is 34.0. The predicted molar refractivity (Wildman–Crippen MR) is 134 cm³/mol. The van der Waals surface area contributed by atoms with Crippen LogP contribution >= 0.6 is 0 Å². The summed E-state index contributed by atoms with van der Waals surface area (Å²) in [5.41, 5.74) is 6.88. The van der Waals surface area contributed by atoms with E-state index < -0.39 is 0 Å². The van der Waals surface area contributed by atoms with Crippen molar-refractivity contribution in [3.05, 3.63) is 108 Å². The number of para-hydroxylation sites is 2. The van der Waals surface area contributed by atoms with E-state index in [0.29, 0.717) is 12.5 Å². The molecular weight excluding hydrogens is 406 g/mol. The number of rotatable bonds is 5. The zero-order chi connectivity index (χ0) is 22.0.